The second-order valence-corrected chi connectivity index (χ2v) is 7.92. The normalized spacial score (nSPS) is 23.5. The zero-order chi connectivity index (χ0) is 19.4. The number of hydrogen-bond donors (Lipinski definition) is 1. The largest absolute Gasteiger partial charge is 0.323 e. The average molecular weight is 380 g/mol. The second kappa shape index (κ2) is 6.25. The van der Waals surface area contributed by atoms with Gasteiger partial charge in [0.2, 0.25) is 5.95 Å². The van der Waals surface area contributed by atoms with E-state index in [9.17, 15) is 9.18 Å². The van der Waals surface area contributed by atoms with Gasteiger partial charge in [0.1, 0.15) is 5.82 Å². The zero-order valence-corrected chi connectivity index (χ0v) is 15.8. The van der Waals surface area contributed by atoms with Crippen molar-refractivity contribution in [2.45, 2.75) is 45.2 Å². The van der Waals surface area contributed by atoms with Gasteiger partial charge in [-0.3, -0.25) is 5.32 Å². The van der Waals surface area contributed by atoms with Gasteiger partial charge in [-0.2, -0.15) is 4.39 Å². The molecule has 0 saturated carbocycles. The molecule has 3 aromatic heterocycles. The number of fused-ring (bicyclic) bond motifs is 3. The van der Waals surface area contributed by atoms with Gasteiger partial charge in [-0.25, -0.2) is 19.3 Å². The molecule has 2 saturated heterocycles. The lowest BCUT2D eigenvalue weighted by molar-refractivity contribution is -0.00603. The molecule has 2 amide bonds. The van der Waals surface area contributed by atoms with E-state index in [1.165, 1.54) is 10.6 Å². The number of aromatic nitrogens is 4. The molecule has 2 fully saturated rings. The molecule has 5 rings (SSSR count). The third-order valence-electron chi connectivity index (χ3n) is 5.85. The maximum atomic E-state index is 13.9. The summed E-state index contributed by atoms with van der Waals surface area (Å²) >= 11 is 0. The van der Waals surface area contributed by atoms with E-state index in [2.05, 4.69) is 27.3 Å². The molecule has 144 valence electrons. The standard InChI is InChI=1S/C20H21FN6O/c1-11-5-14-7-15(6-11)26(14)20(28)24-18-8-16(12(2)9-22-18)19-23-10-13-3-4-17(21)27(13)25-19/h3-4,8-11,14-15H,5-7H2,1-2H3,(H,22,24,28). The van der Waals surface area contributed by atoms with E-state index < -0.39 is 5.95 Å². The van der Waals surface area contributed by atoms with Crippen LogP contribution in [0, 0.1) is 18.8 Å². The van der Waals surface area contributed by atoms with Gasteiger partial charge in [-0.05, 0) is 55.9 Å². The Morgan fingerprint density at radius 2 is 1.96 bits per heavy atom. The van der Waals surface area contributed by atoms with E-state index in [4.69, 9.17) is 0 Å². The number of nitrogens with zero attached hydrogens (tertiary/aromatic N) is 5. The highest BCUT2D eigenvalue weighted by Gasteiger charge is 2.46. The highest BCUT2D eigenvalue weighted by molar-refractivity contribution is 5.90. The number of rotatable bonds is 2. The number of piperidine rings is 1. The number of hydrogen-bond acceptors (Lipinski definition) is 4. The number of aryl methyl sites for hydroxylation is 1. The van der Waals surface area contributed by atoms with E-state index in [0.717, 1.165) is 24.8 Å². The van der Waals surface area contributed by atoms with Crippen LogP contribution >= 0.6 is 0 Å². The fourth-order valence-electron chi connectivity index (χ4n) is 4.48. The van der Waals surface area contributed by atoms with Gasteiger partial charge in [0.15, 0.2) is 5.82 Å². The van der Waals surface area contributed by atoms with Crippen molar-refractivity contribution in [3.63, 3.8) is 0 Å². The monoisotopic (exact) mass is 380 g/mol. The fraction of sp³-hybridized carbons (Fsp3) is 0.400. The first-order valence-corrected chi connectivity index (χ1v) is 9.56. The summed E-state index contributed by atoms with van der Waals surface area (Å²) in [7, 11) is 0. The molecule has 3 aromatic rings. The minimum atomic E-state index is -0.447. The second-order valence-electron chi connectivity index (χ2n) is 7.92. The number of pyridine rings is 1. The van der Waals surface area contributed by atoms with Gasteiger partial charge in [-0.15, -0.1) is 5.10 Å². The summed E-state index contributed by atoms with van der Waals surface area (Å²) in [6.07, 6.45) is 6.47. The zero-order valence-electron chi connectivity index (χ0n) is 15.8. The topological polar surface area (TPSA) is 75.4 Å². The van der Waals surface area contributed by atoms with Gasteiger partial charge in [0.05, 0.1) is 11.7 Å². The Labute approximate surface area is 161 Å². The Hall–Kier alpha value is -3.03. The van der Waals surface area contributed by atoms with Crippen LogP contribution in [0.1, 0.15) is 31.7 Å². The van der Waals surface area contributed by atoms with E-state index in [-0.39, 0.29) is 6.03 Å². The van der Waals surface area contributed by atoms with Crippen LogP contribution in [0.4, 0.5) is 15.0 Å². The molecule has 2 aliphatic heterocycles. The average Bonchev–Trinajstić information content (AvgIpc) is 3.03. The number of anilines is 1. The van der Waals surface area contributed by atoms with Crippen molar-refractivity contribution in [2.75, 3.05) is 5.32 Å². The maximum absolute atomic E-state index is 13.9. The van der Waals surface area contributed by atoms with Crippen LogP contribution < -0.4 is 5.32 Å². The van der Waals surface area contributed by atoms with Crippen LogP contribution in [0.25, 0.3) is 16.9 Å². The lowest BCUT2D eigenvalue weighted by Crippen LogP contribution is -2.63. The summed E-state index contributed by atoms with van der Waals surface area (Å²) in [5, 5.41) is 7.19. The minimum Gasteiger partial charge on any atom is -0.318 e. The highest BCUT2D eigenvalue weighted by atomic mass is 19.1. The van der Waals surface area contributed by atoms with Gasteiger partial charge in [-0.1, -0.05) is 6.92 Å². The molecule has 2 atom stereocenters. The molecule has 8 heteroatoms. The van der Waals surface area contributed by atoms with Crippen molar-refractivity contribution in [1.29, 1.82) is 0 Å². The summed E-state index contributed by atoms with van der Waals surface area (Å²) in [5.41, 5.74) is 2.14. The molecule has 28 heavy (non-hydrogen) atoms. The van der Waals surface area contributed by atoms with Crippen molar-refractivity contribution in [3.8, 4) is 11.4 Å². The Kier molecular flexibility index (Phi) is 3.82. The van der Waals surface area contributed by atoms with Crippen molar-refractivity contribution >= 4 is 17.4 Å². The molecular weight excluding hydrogens is 359 g/mol. The quantitative estimate of drug-likeness (QED) is 0.736. The Bertz CT molecular complexity index is 1070. The maximum Gasteiger partial charge on any atom is 0.323 e. The Morgan fingerprint density at radius 3 is 2.75 bits per heavy atom. The van der Waals surface area contributed by atoms with Crippen molar-refractivity contribution in [3.05, 3.63) is 42.1 Å². The Balaban J connectivity index is 1.41. The summed E-state index contributed by atoms with van der Waals surface area (Å²) in [6.45, 7) is 4.13. The molecular formula is C20H21FN6O. The van der Waals surface area contributed by atoms with Crippen molar-refractivity contribution in [2.24, 2.45) is 5.92 Å². The summed E-state index contributed by atoms with van der Waals surface area (Å²) in [4.78, 5) is 23.3. The van der Waals surface area contributed by atoms with Gasteiger partial charge >= 0.3 is 6.03 Å². The molecule has 0 radical (unpaired) electrons. The van der Waals surface area contributed by atoms with Crippen LogP contribution in [0.2, 0.25) is 0 Å². The molecule has 0 aliphatic carbocycles. The number of carbonyl (C=O) groups excluding carboxylic acids is 1. The van der Waals surface area contributed by atoms with Crippen LogP contribution in [0.15, 0.2) is 30.6 Å². The van der Waals surface area contributed by atoms with Crippen LogP contribution in [-0.2, 0) is 0 Å². The van der Waals surface area contributed by atoms with Crippen LogP contribution in [-0.4, -0.2) is 42.6 Å². The van der Waals surface area contributed by atoms with Gasteiger partial charge in [0.25, 0.3) is 0 Å². The molecule has 2 unspecified atom stereocenters. The molecule has 0 aromatic carbocycles. The smallest absolute Gasteiger partial charge is 0.318 e. The predicted molar refractivity (Wildman–Crippen MR) is 102 cm³/mol. The van der Waals surface area contributed by atoms with Gasteiger partial charge in [0, 0.05) is 23.8 Å². The van der Waals surface area contributed by atoms with E-state index >= 15 is 0 Å². The van der Waals surface area contributed by atoms with Gasteiger partial charge < -0.3 is 4.90 Å². The fourth-order valence-corrected chi connectivity index (χ4v) is 4.48. The first kappa shape index (κ1) is 17.1. The Morgan fingerprint density at radius 1 is 1.18 bits per heavy atom. The number of carbonyl (C=O) groups is 1. The number of halogens is 1. The predicted octanol–water partition coefficient (Wildman–Crippen LogP) is 3.64. The summed E-state index contributed by atoms with van der Waals surface area (Å²) in [5.74, 6) is 1.06. The van der Waals surface area contributed by atoms with E-state index in [0.29, 0.717) is 40.7 Å². The first-order chi connectivity index (χ1) is 13.5. The SMILES string of the molecule is Cc1cnc(NC(=O)N2C3CC(C)CC2C3)cc1-c1ncc2ccc(F)n2n1. The number of amides is 2. The van der Waals surface area contributed by atoms with Crippen molar-refractivity contribution < 1.29 is 9.18 Å². The molecule has 2 bridgehead atoms. The third kappa shape index (κ3) is 2.71. The van der Waals surface area contributed by atoms with E-state index in [1.54, 1.807) is 24.5 Å². The third-order valence-corrected chi connectivity index (χ3v) is 5.85. The molecule has 7 nitrogen and oxygen atoms in total. The van der Waals surface area contributed by atoms with E-state index in [1.807, 2.05) is 11.8 Å². The lowest BCUT2D eigenvalue weighted by Gasteiger charge is -2.54. The van der Waals surface area contributed by atoms with Crippen molar-refractivity contribution in [1.82, 2.24) is 24.5 Å². The summed E-state index contributed by atoms with van der Waals surface area (Å²) < 4.78 is 15.1. The number of nitrogens with one attached hydrogen (secondary N) is 1. The summed E-state index contributed by atoms with van der Waals surface area (Å²) in [6, 6.07) is 5.28. The molecule has 5 heterocycles. The highest BCUT2D eigenvalue weighted by Crippen LogP contribution is 2.41. The molecule has 2 aliphatic rings. The van der Waals surface area contributed by atoms with Crippen LogP contribution in [0.3, 0.4) is 0 Å². The lowest BCUT2D eigenvalue weighted by atomic mass is 9.74. The molecule has 1 N–H and O–H groups in total. The first-order valence-electron chi connectivity index (χ1n) is 9.56. The van der Waals surface area contributed by atoms with Crippen LogP contribution in [0.5, 0.6) is 0 Å². The molecule has 0 spiro atoms. The number of urea groups is 1. The minimum absolute atomic E-state index is 0.108.